The van der Waals surface area contributed by atoms with E-state index in [9.17, 15) is 0 Å². The highest BCUT2D eigenvalue weighted by atomic mass is 35.5. The van der Waals surface area contributed by atoms with Gasteiger partial charge in [0.15, 0.2) is 0 Å². The maximum absolute atomic E-state index is 5.62. The van der Waals surface area contributed by atoms with Crippen LogP contribution in [0.3, 0.4) is 0 Å². The summed E-state index contributed by atoms with van der Waals surface area (Å²) in [6.07, 6.45) is 1.86. The lowest BCUT2D eigenvalue weighted by atomic mass is 10.4. The number of hydrogen-bond donors (Lipinski definition) is 0. The molecule has 0 heterocycles. The van der Waals surface area contributed by atoms with Gasteiger partial charge in [0, 0.05) is 18.1 Å². The summed E-state index contributed by atoms with van der Waals surface area (Å²) < 4.78 is 0. The molecule has 1 nitrogen and oxygen atoms in total. The Kier molecular flexibility index (Phi) is 5.36. The van der Waals surface area contributed by atoms with Crippen LogP contribution in [-0.4, -0.2) is 24.5 Å². The third-order valence-corrected chi connectivity index (χ3v) is 1.35. The zero-order valence-corrected chi connectivity index (χ0v) is 7.19. The Morgan fingerprint density at radius 3 is 2.60 bits per heavy atom. The summed E-state index contributed by atoms with van der Waals surface area (Å²) in [6.45, 7) is 12.0. The van der Waals surface area contributed by atoms with Crippen LogP contribution in [0.25, 0.3) is 0 Å². The second-order valence-corrected chi connectivity index (χ2v) is 2.67. The van der Waals surface area contributed by atoms with E-state index < -0.39 is 0 Å². The van der Waals surface area contributed by atoms with Gasteiger partial charge in [-0.3, -0.25) is 4.90 Å². The van der Waals surface area contributed by atoms with Crippen LogP contribution in [0.5, 0.6) is 0 Å². The molecular formula is C8H14ClN. The van der Waals surface area contributed by atoms with Crippen LogP contribution in [-0.2, 0) is 0 Å². The first kappa shape index (κ1) is 9.73. The Morgan fingerprint density at radius 2 is 2.30 bits per heavy atom. The highest BCUT2D eigenvalue weighted by Gasteiger charge is 1.98. The summed E-state index contributed by atoms with van der Waals surface area (Å²) in [4.78, 5) is 2.16. The first-order valence-electron chi connectivity index (χ1n) is 3.37. The van der Waals surface area contributed by atoms with Crippen molar-refractivity contribution in [2.75, 3.05) is 19.6 Å². The Bertz CT molecular complexity index is 120. The van der Waals surface area contributed by atoms with Crippen molar-refractivity contribution in [3.05, 3.63) is 24.3 Å². The fraction of sp³-hybridized carbons (Fsp3) is 0.500. The minimum Gasteiger partial charge on any atom is -0.295 e. The van der Waals surface area contributed by atoms with E-state index in [1.807, 2.05) is 6.08 Å². The smallest absolute Gasteiger partial charge is 0.0338 e. The quantitative estimate of drug-likeness (QED) is 0.557. The van der Waals surface area contributed by atoms with Crippen molar-refractivity contribution in [2.24, 2.45) is 0 Å². The van der Waals surface area contributed by atoms with E-state index in [1.54, 1.807) is 0 Å². The maximum atomic E-state index is 5.62. The molecule has 0 unspecified atom stereocenters. The van der Waals surface area contributed by atoms with Crippen molar-refractivity contribution < 1.29 is 0 Å². The predicted octanol–water partition coefficient (Wildman–Crippen LogP) is 2.25. The molecule has 0 spiro atoms. The number of rotatable bonds is 5. The van der Waals surface area contributed by atoms with Gasteiger partial charge in [-0.2, -0.15) is 0 Å². The number of likely N-dealkylation sites (N-methyl/N-ethyl adjacent to an activating group) is 1. The average Bonchev–Trinajstić information content (AvgIpc) is 1.86. The van der Waals surface area contributed by atoms with Crippen LogP contribution < -0.4 is 0 Å². The molecule has 10 heavy (non-hydrogen) atoms. The number of hydrogen-bond acceptors (Lipinski definition) is 1. The molecule has 0 amide bonds. The molecule has 0 aliphatic carbocycles. The van der Waals surface area contributed by atoms with E-state index >= 15 is 0 Å². The highest BCUT2D eigenvalue weighted by molar-refractivity contribution is 6.29. The molecule has 0 aromatic carbocycles. The lowest BCUT2D eigenvalue weighted by Crippen LogP contribution is -2.24. The van der Waals surface area contributed by atoms with Crippen molar-refractivity contribution in [3.63, 3.8) is 0 Å². The van der Waals surface area contributed by atoms with Crippen molar-refractivity contribution >= 4 is 11.6 Å². The van der Waals surface area contributed by atoms with E-state index in [4.69, 9.17) is 11.6 Å². The molecule has 0 N–H and O–H groups in total. The van der Waals surface area contributed by atoms with Crippen molar-refractivity contribution in [1.82, 2.24) is 4.90 Å². The van der Waals surface area contributed by atoms with Crippen LogP contribution in [0.4, 0.5) is 0 Å². The summed E-state index contributed by atoms with van der Waals surface area (Å²) >= 11 is 5.62. The van der Waals surface area contributed by atoms with Gasteiger partial charge < -0.3 is 0 Å². The third kappa shape index (κ3) is 4.59. The molecule has 2 heteroatoms. The molecule has 0 bridgehead atoms. The monoisotopic (exact) mass is 159 g/mol. The molecule has 0 atom stereocenters. The predicted molar refractivity (Wildman–Crippen MR) is 47.3 cm³/mol. The zero-order valence-electron chi connectivity index (χ0n) is 6.44. The van der Waals surface area contributed by atoms with Crippen LogP contribution >= 0.6 is 11.6 Å². The van der Waals surface area contributed by atoms with Crippen molar-refractivity contribution in [3.8, 4) is 0 Å². The van der Waals surface area contributed by atoms with Gasteiger partial charge in [0.25, 0.3) is 0 Å². The molecule has 0 fully saturated rings. The molecule has 0 aliphatic heterocycles. The van der Waals surface area contributed by atoms with Crippen LogP contribution in [0, 0.1) is 0 Å². The fourth-order valence-electron chi connectivity index (χ4n) is 0.731. The van der Waals surface area contributed by atoms with Crippen molar-refractivity contribution in [1.29, 1.82) is 0 Å². The van der Waals surface area contributed by atoms with Gasteiger partial charge in [-0.25, -0.2) is 0 Å². The van der Waals surface area contributed by atoms with Gasteiger partial charge in [0.05, 0.1) is 0 Å². The van der Waals surface area contributed by atoms with Gasteiger partial charge in [0.1, 0.15) is 0 Å². The molecule has 0 radical (unpaired) electrons. The maximum Gasteiger partial charge on any atom is 0.0338 e. The van der Waals surface area contributed by atoms with E-state index in [2.05, 4.69) is 25.0 Å². The number of nitrogens with zero attached hydrogens (tertiary/aromatic N) is 1. The molecule has 0 aromatic heterocycles. The number of halogens is 1. The van der Waals surface area contributed by atoms with E-state index in [0.29, 0.717) is 5.03 Å². The Morgan fingerprint density at radius 1 is 1.70 bits per heavy atom. The minimum atomic E-state index is 0.684. The average molecular weight is 160 g/mol. The second kappa shape index (κ2) is 5.51. The first-order valence-corrected chi connectivity index (χ1v) is 3.75. The fourth-order valence-corrected chi connectivity index (χ4v) is 0.900. The van der Waals surface area contributed by atoms with Gasteiger partial charge in [-0.15, -0.1) is 6.58 Å². The van der Waals surface area contributed by atoms with E-state index in [-0.39, 0.29) is 0 Å². The minimum absolute atomic E-state index is 0.684. The Labute approximate surface area is 68.0 Å². The van der Waals surface area contributed by atoms with Crippen molar-refractivity contribution in [2.45, 2.75) is 6.92 Å². The molecule has 0 rings (SSSR count). The normalized spacial score (nSPS) is 9.90. The lowest BCUT2D eigenvalue weighted by Gasteiger charge is -2.16. The van der Waals surface area contributed by atoms with Gasteiger partial charge in [-0.1, -0.05) is 31.2 Å². The summed E-state index contributed by atoms with van der Waals surface area (Å²) in [5.41, 5.74) is 0. The summed E-state index contributed by atoms with van der Waals surface area (Å²) in [5, 5.41) is 0.684. The summed E-state index contributed by atoms with van der Waals surface area (Å²) in [7, 11) is 0. The van der Waals surface area contributed by atoms with Crippen LogP contribution in [0.1, 0.15) is 6.92 Å². The molecular weight excluding hydrogens is 146 g/mol. The molecule has 0 saturated carbocycles. The SMILES string of the molecule is C=CCN(CC)CC(=C)Cl. The molecule has 58 valence electrons. The van der Waals surface area contributed by atoms with E-state index in [1.165, 1.54) is 0 Å². The van der Waals surface area contributed by atoms with Crippen LogP contribution in [0.15, 0.2) is 24.3 Å². The topological polar surface area (TPSA) is 3.24 Å². The summed E-state index contributed by atoms with van der Waals surface area (Å²) in [6, 6.07) is 0. The van der Waals surface area contributed by atoms with Gasteiger partial charge in [-0.05, 0) is 6.54 Å². The second-order valence-electron chi connectivity index (χ2n) is 2.13. The Hall–Kier alpha value is -0.270. The first-order chi connectivity index (χ1) is 4.70. The standard InChI is InChI=1S/C8H14ClN/c1-4-6-10(5-2)7-8(3)9/h4H,1,3,5-7H2,2H3. The zero-order chi connectivity index (χ0) is 7.98. The van der Waals surface area contributed by atoms with E-state index in [0.717, 1.165) is 19.6 Å². The van der Waals surface area contributed by atoms with Gasteiger partial charge >= 0.3 is 0 Å². The molecule has 0 aromatic rings. The van der Waals surface area contributed by atoms with Gasteiger partial charge in [0.2, 0.25) is 0 Å². The lowest BCUT2D eigenvalue weighted by molar-refractivity contribution is 0.352. The molecule has 0 aliphatic rings. The molecule has 0 saturated heterocycles. The highest BCUT2D eigenvalue weighted by Crippen LogP contribution is 2.00. The largest absolute Gasteiger partial charge is 0.295 e. The third-order valence-electron chi connectivity index (χ3n) is 1.23. The Balaban J connectivity index is 3.59. The summed E-state index contributed by atoms with van der Waals surface area (Å²) in [5.74, 6) is 0. The van der Waals surface area contributed by atoms with Crippen LogP contribution in [0.2, 0.25) is 0 Å².